The summed E-state index contributed by atoms with van der Waals surface area (Å²) in [6, 6.07) is -0.233. The first-order chi connectivity index (χ1) is 5.15. The van der Waals surface area contributed by atoms with Crippen molar-refractivity contribution < 1.29 is 14.6 Å². The van der Waals surface area contributed by atoms with Crippen molar-refractivity contribution in [3.05, 3.63) is 0 Å². The van der Waals surface area contributed by atoms with E-state index < -0.39 is 6.10 Å². The van der Waals surface area contributed by atoms with E-state index in [1.54, 1.807) is 14.0 Å². The van der Waals surface area contributed by atoms with E-state index in [0.717, 1.165) is 0 Å². The molecule has 1 aliphatic rings. The molecule has 4 heteroatoms. The summed E-state index contributed by atoms with van der Waals surface area (Å²) in [4.78, 5) is 0. The van der Waals surface area contributed by atoms with Crippen molar-refractivity contribution in [3.8, 4) is 0 Å². The molecule has 1 heterocycles. The number of methoxy groups -OCH3 is 1. The van der Waals surface area contributed by atoms with Crippen LogP contribution in [-0.4, -0.2) is 36.8 Å². The molecule has 1 fully saturated rings. The average Bonchev–Trinajstić information content (AvgIpc) is 1.99. The van der Waals surface area contributed by atoms with Gasteiger partial charge < -0.3 is 20.3 Å². The highest BCUT2D eigenvalue weighted by Gasteiger charge is 2.32. The first kappa shape index (κ1) is 8.93. The van der Waals surface area contributed by atoms with Gasteiger partial charge in [-0.15, -0.1) is 0 Å². The Kier molecular flexibility index (Phi) is 2.84. The third kappa shape index (κ3) is 1.90. The smallest absolute Gasteiger partial charge is 0.159 e. The second-order valence-corrected chi connectivity index (χ2v) is 2.90. The fraction of sp³-hybridized carbons (Fsp3) is 1.00. The van der Waals surface area contributed by atoms with Crippen LogP contribution in [0.15, 0.2) is 0 Å². The Bertz CT molecular complexity index is 119. The molecule has 3 N–H and O–H groups in total. The van der Waals surface area contributed by atoms with Crippen LogP contribution in [0.1, 0.15) is 13.3 Å². The first-order valence-corrected chi connectivity index (χ1v) is 3.77. The van der Waals surface area contributed by atoms with Crippen LogP contribution in [0.25, 0.3) is 0 Å². The molecule has 3 unspecified atom stereocenters. The van der Waals surface area contributed by atoms with E-state index in [2.05, 4.69) is 0 Å². The van der Waals surface area contributed by atoms with Gasteiger partial charge >= 0.3 is 0 Å². The maximum Gasteiger partial charge on any atom is 0.159 e. The van der Waals surface area contributed by atoms with E-state index in [4.69, 9.17) is 15.2 Å². The Labute approximate surface area is 66.3 Å². The average molecular weight is 161 g/mol. The summed E-state index contributed by atoms with van der Waals surface area (Å²) < 4.78 is 10.2. The number of hydrogen-bond donors (Lipinski definition) is 2. The third-order valence-corrected chi connectivity index (χ3v) is 2.01. The highest BCUT2D eigenvalue weighted by Crippen LogP contribution is 2.18. The molecule has 1 rings (SSSR count). The summed E-state index contributed by atoms with van der Waals surface area (Å²) in [6.07, 6.45) is -0.504. The Morgan fingerprint density at radius 1 is 1.64 bits per heavy atom. The predicted octanol–water partition coefficient (Wildman–Crippen LogP) is -0.544. The van der Waals surface area contributed by atoms with Crippen LogP contribution < -0.4 is 5.73 Å². The van der Waals surface area contributed by atoms with Crippen LogP contribution >= 0.6 is 0 Å². The van der Waals surface area contributed by atoms with Gasteiger partial charge in [0.05, 0.1) is 12.2 Å². The minimum Gasteiger partial charge on any atom is -0.389 e. The summed E-state index contributed by atoms with van der Waals surface area (Å²) >= 11 is 0. The van der Waals surface area contributed by atoms with Crippen molar-refractivity contribution in [1.82, 2.24) is 0 Å². The van der Waals surface area contributed by atoms with Gasteiger partial charge in [0, 0.05) is 19.6 Å². The van der Waals surface area contributed by atoms with Crippen molar-refractivity contribution >= 4 is 0 Å². The van der Waals surface area contributed by atoms with Crippen LogP contribution in [-0.2, 0) is 9.47 Å². The molecule has 1 aliphatic heterocycles. The molecule has 0 bridgehead atoms. The van der Waals surface area contributed by atoms with Gasteiger partial charge in [0.2, 0.25) is 0 Å². The number of aliphatic hydroxyl groups excluding tert-OH is 1. The van der Waals surface area contributed by atoms with E-state index in [1.165, 1.54) is 0 Å². The maximum absolute atomic E-state index is 9.35. The number of nitrogens with two attached hydrogens (primary N) is 1. The Balaban J connectivity index is 2.47. The monoisotopic (exact) mass is 161 g/mol. The van der Waals surface area contributed by atoms with Gasteiger partial charge in [0.25, 0.3) is 0 Å². The molecule has 0 saturated carbocycles. The fourth-order valence-electron chi connectivity index (χ4n) is 1.24. The van der Waals surface area contributed by atoms with Gasteiger partial charge in [-0.25, -0.2) is 0 Å². The first-order valence-electron chi connectivity index (χ1n) is 3.77. The molecule has 4 atom stereocenters. The second-order valence-electron chi connectivity index (χ2n) is 2.90. The maximum atomic E-state index is 9.35. The summed E-state index contributed by atoms with van der Waals surface area (Å²) in [7, 11) is 1.57. The number of aliphatic hydroxyl groups is 1. The Morgan fingerprint density at radius 2 is 2.27 bits per heavy atom. The molecule has 11 heavy (non-hydrogen) atoms. The van der Waals surface area contributed by atoms with Crippen LogP contribution in [0.5, 0.6) is 0 Å². The molecule has 0 aromatic rings. The minimum atomic E-state index is -0.568. The topological polar surface area (TPSA) is 64.7 Å². The predicted molar refractivity (Wildman–Crippen MR) is 39.9 cm³/mol. The highest BCUT2D eigenvalue weighted by molar-refractivity contribution is 4.82. The van der Waals surface area contributed by atoms with Crippen molar-refractivity contribution in [3.63, 3.8) is 0 Å². The van der Waals surface area contributed by atoms with Gasteiger partial charge in [-0.1, -0.05) is 0 Å². The molecule has 0 aromatic carbocycles. The Hall–Kier alpha value is -0.160. The normalized spacial score (nSPS) is 45.8. The van der Waals surface area contributed by atoms with Crippen LogP contribution in [0.3, 0.4) is 0 Å². The molecule has 66 valence electrons. The van der Waals surface area contributed by atoms with E-state index in [9.17, 15) is 5.11 Å². The lowest BCUT2D eigenvalue weighted by Gasteiger charge is -2.35. The molecule has 0 amide bonds. The third-order valence-electron chi connectivity index (χ3n) is 2.01. The van der Waals surface area contributed by atoms with Gasteiger partial charge in [0.15, 0.2) is 6.29 Å². The number of ether oxygens (including phenoxy) is 2. The summed E-state index contributed by atoms with van der Waals surface area (Å²) in [5, 5.41) is 9.35. The SMILES string of the molecule is COC1C[C@@H](N)C(O)C(C)O1. The fourth-order valence-corrected chi connectivity index (χ4v) is 1.24. The van der Waals surface area contributed by atoms with Crippen molar-refractivity contribution in [2.45, 2.75) is 37.9 Å². The lowest BCUT2D eigenvalue weighted by molar-refractivity contribution is -0.211. The Morgan fingerprint density at radius 3 is 2.73 bits per heavy atom. The summed E-state index contributed by atoms with van der Waals surface area (Å²) in [5.41, 5.74) is 5.62. The molecule has 0 radical (unpaired) electrons. The van der Waals surface area contributed by atoms with Crippen molar-refractivity contribution in [2.24, 2.45) is 5.73 Å². The second kappa shape index (κ2) is 3.49. The van der Waals surface area contributed by atoms with E-state index >= 15 is 0 Å². The van der Waals surface area contributed by atoms with E-state index in [-0.39, 0.29) is 18.4 Å². The lowest BCUT2D eigenvalue weighted by atomic mass is 10.0. The van der Waals surface area contributed by atoms with E-state index in [0.29, 0.717) is 6.42 Å². The standard InChI is InChI=1S/C7H15NO3/c1-4-7(9)5(8)3-6(10-2)11-4/h4-7,9H,3,8H2,1-2H3/t4?,5-,6?,7?/m1/s1. The largest absolute Gasteiger partial charge is 0.389 e. The zero-order valence-electron chi connectivity index (χ0n) is 6.86. The van der Waals surface area contributed by atoms with Crippen LogP contribution in [0.4, 0.5) is 0 Å². The molecular formula is C7H15NO3. The zero-order valence-corrected chi connectivity index (χ0v) is 6.86. The molecular weight excluding hydrogens is 146 g/mol. The van der Waals surface area contributed by atoms with Gasteiger partial charge in [0.1, 0.15) is 0 Å². The van der Waals surface area contributed by atoms with Crippen LogP contribution in [0.2, 0.25) is 0 Å². The number of hydrogen-bond acceptors (Lipinski definition) is 4. The van der Waals surface area contributed by atoms with E-state index in [1.807, 2.05) is 0 Å². The molecule has 4 nitrogen and oxygen atoms in total. The van der Waals surface area contributed by atoms with Gasteiger partial charge in [-0.05, 0) is 6.92 Å². The quantitative estimate of drug-likeness (QED) is 0.542. The molecule has 1 saturated heterocycles. The van der Waals surface area contributed by atoms with Gasteiger partial charge in [-0.3, -0.25) is 0 Å². The minimum absolute atomic E-state index is 0.233. The molecule has 0 aliphatic carbocycles. The van der Waals surface area contributed by atoms with Crippen molar-refractivity contribution in [1.29, 1.82) is 0 Å². The summed E-state index contributed by atoms with van der Waals surface area (Å²) in [5.74, 6) is 0. The molecule has 0 aromatic heterocycles. The number of rotatable bonds is 1. The van der Waals surface area contributed by atoms with Crippen molar-refractivity contribution in [2.75, 3.05) is 7.11 Å². The molecule has 0 spiro atoms. The summed E-state index contributed by atoms with van der Waals surface area (Å²) in [6.45, 7) is 1.79. The van der Waals surface area contributed by atoms with Gasteiger partial charge in [-0.2, -0.15) is 0 Å². The highest BCUT2D eigenvalue weighted by atomic mass is 16.7. The zero-order chi connectivity index (χ0) is 8.43. The lowest BCUT2D eigenvalue weighted by Crippen LogP contribution is -2.51. The van der Waals surface area contributed by atoms with Crippen LogP contribution in [0, 0.1) is 0 Å².